The Morgan fingerprint density at radius 3 is 2.80 bits per heavy atom. The third-order valence-electron chi connectivity index (χ3n) is 4.61. The highest BCUT2D eigenvalue weighted by atomic mass is 16.3. The summed E-state index contributed by atoms with van der Waals surface area (Å²) in [4.78, 5) is 18.1. The van der Waals surface area contributed by atoms with Crippen molar-refractivity contribution in [1.82, 2.24) is 15.2 Å². The van der Waals surface area contributed by atoms with Crippen molar-refractivity contribution in [3.05, 3.63) is 29.7 Å². The summed E-state index contributed by atoms with van der Waals surface area (Å²) in [6.45, 7) is 7.64. The van der Waals surface area contributed by atoms with E-state index in [1.165, 1.54) is 4.90 Å². The summed E-state index contributed by atoms with van der Waals surface area (Å²) >= 11 is 0. The van der Waals surface area contributed by atoms with Gasteiger partial charge in [0.1, 0.15) is 10.9 Å². The van der Waals surface area contributed by atoms with Crippen LogP contribution in [0.25, 0.3) is 11.1 Å². The van der Waals surface area contributed by atoms with E-state index in [9.17, 15) is 4.79 Å². The average Bonchev–Trinajstić information content (AvgIpc) is 2.96. The first-order valence-electron chi connectivity index (χ1n) is 8.15. The van der Waals surface area contributed by atoms with Crippen LogP contribution in [0.5, 0.6) is 0 Å². The summed E-state index contributed by atoms with van der Waals surface area (Å²) in [6, 6.07) is 5.68. The Kier molecular flexibility index (Phi) is 3.83. The largest absolute Gasteiger partial charge is 0.439 e. The van der Waals surface area contributed by atoms with E-state index in [0.29, 0.717) is 11.5 Å². The van der Waals surface area contributed by atoms with Gasteiger partial charge in [-0.2, -0.15) is 0 Å². The SMILES string of the molecule is CC#CC(C)(C)c1nc2cc(C3(C)CC(=O)N(C)C(=N)N3)ccc2o1. The van der Waals surface area contributed by atoms with Gasteiger partial charge in [-0.3, -0.25) is 15.1 Å². The molecule has 0 aliphatic carbocycles. The van der Waals surface area contributed by atoms with Gasteiger partial charge in [0.25, 0.3) is 0 Å². The predicted molar refractivity (Wildman–Crippen MR) is 96.1 cm³/mol. The number of fused-ring (bicyclic) bond motifs is 1. The molecule has 25 heavy (non-hydrogen) atoms. The molecule has 1 atom stereocenters. The quantitative estimate of drug-likeness (QED) is 0.825. The van der Waals surface area contributed by atoms with Crippen LogP contribution in [0.1, 0.15) is 45.6 Å². The number of carbonyl (C=O) groups is 1. The molecule has 0 saturated carbocycles. The zero-order valence-electron chi connectivity index (χ0n) is 15.2. The lowest BCUT2D eigenvalue weighted by molar-refractivity contribution is -0.129. The number of aromatic nitrogens is 1. The summed E-state index contributed by atoms with van der Waals surface area (Å²) in [5.74, 6) is 6.59. The average molecular weight is 338 g/mol. The third-order valence-corrected chi connectivity index (χ3v) is 4.61. The second kappa shape index (κ2) is 5.62. The van der Waals surface area contributed by atoms with Crippen LogP contribution in [0.2, 0.25) is 0 Å². The molecule has 1 amide bonds. The van der Waals surface area contributed by atoms with Crippen molar-refractivity contribution in [3.8, 4) is 11.8 Å². The first-order valence-corrected chi connectivity index (χ1v) is 8.15. The number of guanidine groups is 1. The Bertz CT molecular complexity index is 912. The fraction of sp³-hybridized carbons (Fsp3) is 0.421. The monoisotopic (exact) mass is 338 g/mol. The van der Waals surface area contributed by atoms with E-state index in [0.717, 1.165) is 11.1 Å². The molecule has 1 aromatic carbocycles. The molecule has 1 aromatic heterocycles. The van der Waals surface area contributed by atoms with Gasteiger partial charge >= 0.3 is 0 Å². The van der Waals surface area contributed by atoms with Crippen LogP contribution in [0.4, 0.5) is 0 Å². The number of nitrogens with one attached hydrogen (secondary N) is 2. The molecule has 1 fully saturated rings. The zero-order valence-corrected chi connectivity index (χ0v) is 15.2. The summed E-state index contributed by atoms with van der Waals surface area (Å²) in [5, 5.41) is 11.1. The number of benzene rings is 1. The molecular weight excluding hydrogens is 316 g/mol. The van der Waals surface area contributed by atoms with E-state index in [2.05, 4.69) is 22.1 Å². The molecule has 6 nitrogen and oxygen atoms in total. The second-order valence-electron chi connectivity index (χ2n) is 7.14. The van der Waals surface area contributed by atoms with Gasteiger partial charge in [0.15, 0.2) is 11.5 Å². The predicted octanol–water partition coefficient (Wildman–Crippen LogP) is 2.73. The molecule has 1 aliphatic rings. The molecule has 0 bridgehead atoms. The number of nitrogens with zero attached hydrogens (tertiary/aromatic N) is 2. The van der Waals surface area contributed by atoms with Crippen molar-refractivity contribution in [1.29, 1.82) is 5.41 Å². The maximum atomic E-state index is 12.2. The Morgan fingerprint density at radius 2 is 2.16 bits per heavy atom. The Balaban J connectivity index is 2.03. The number of hydrogen-bond donors (Lipinski definition) is 2. The van der Waals surface area contributed by atoms with Crippen LogP contribution in [0.15, 0.2) is 22.6 Å². The van der Waals surface area contributed by atoms with E-state index in [4.69, 9.17) is 9.83 Å². The van der Waals surface area contributed by atoms with Gasteiger partial charge in [0.2, 0.25) is 11.8 Å². The van der Waals surface area contributed by atoms with Crippen LogP contribution < -0.4 is 5.32 Å². The number of carbonyl (C=O) groups excluding carboxylic acids is 1. The van der Waals surface area contributed by atoms with Gasteiger partial charge in [-0.05, 0) is 45.4 Å². The van der Waals surface area contributed by atoms with Gasteiger partial charge in [0, 0.05) is 7.05 Å². The molecule has 2 heterocycles. The topological polar surface area (TPSA) is 82.2 Å². The van der Waals surface area contributed by atoms with Gasteiger partial charge in [0.05, 0.1) is 12.0 Å². The highest BCUT2D eigenvalue weighted by Crippen LogP contribution is 2.32. The van der Waals surface area contributed by atoms with Gasteiger partial charge in [-0.25, -0.2) is 4.98 Å². The lowest BCUT2D eigenvalue weighted by Gasteiger charge is -2.39. The highest BCUT2D eigenvalue weighted by molar-refractivity contribution is 5.99. The minimum absolute atomic E-state index is 0.0912. The molecule has 1 unspecified atom stereocenters. The normalized spacial score (nSPS) is 21.1. The van der Waals surface area contributed by atoms with Crippen LogP contribution in [-0.4, -0.2) is 28.8 Å². The van der Waals surface area contributed by atoms with Crippen LogP contribution in [0, 0.1) is 17.3 Å². The summed E-state index contributed by atoms with van der Waals surface area (Å²) in [5.41, 5.74) is 1.18. The van der Waals surface area contributed by atoms with Crippen LogP contribution in [0.3, 0.4) is 0 Å². The lowest BCUT2D eigenvalue weighted by Crippen LogP contribution is -2.58. The maximum absolute atomic E-state index is 12.2. The number of oxazole rings is 1. The van der Waals surface area contributed by atoms with Gasteiger partial charge in [-0.15, -0.1) is 5.92 Å². The van der Waals surface area contributed by atoms with Crippen molar-refractivity contribution in [3.63, 3.8) is 0 Å². The third kappa shape index (κ3) is 2.86. The molecular formula is C19H22N4O2. The molecule has 0 spiro atoms. The number of hydrogen-bond acceptors (Lipinski definition) is 4. The molecule has 6 heteroatoms. The van der Waals surface area contributed by atoms with E-state index >= 15 is 0 Å². The lowest BCUT2D eigenvalue weighted by atomic mass is 9.86. The number of rotatable bonds is 2. The fourth-order valence-corrected chi connectivity index (χ4v) is 3.01. The zero-order chi connectivity index (χ0) is 18.4. The van der Waals surface area contributed by atoms with E-state index in [1.807, 2.05) is 39.0 Å². The highest BCUT2D eigenvalue weighted by Gasteiger charge is 2.38. The molecule has 0 radical (unpaired) electrons. The van der Waals surface area contributed by atoms with Crippen molar-refractivity contribution in [2.24, 2.45) is 0 Å². The van der Waals surface area contributed by atoms with E-state index < -0.39 is 11.0 Å². The summed E-state index contributed by atoms with van der Waals surface area (Å²) < 4.78 is 5.87. The van der Waals surface area contributed by atoms with Crippen LogP contribution >= 0.6 is 0 Å². The minimum Gasteiger partial charge on any atom is -0.439 e. The van der Waals surface area contributed by atoms with Crippen LogP contribution in [-0.2, 0) is 15.7 Å². The van der Waals surface area contributed by atoms with Crippen molar-refractivity contribution < 1.29 is 9.21 Å². The second-order valence-corrected chi connectivity index (χ2v) is 7.14. The molecule has 1 aliphatic heterocycles. The maximum Gasteiger partial charge on any atom is 0.231 e. The summed E-state index contributed by atoms with van der Waals surface area (Å²) in [6.07, 6.45) is 0.273. The smallest absolute Gasteiger partial charge is 0.231 e. The Labute approximate surface area is 147 Å². The van der Waals surface area contributed by atoms with E-state index in [1.54, 1.807) is 14.0 Å². The Morgan fingerprint density at radius 1 is 1.44 bits per heavy atom. The molecule has 2 aromatic rings. The molecule has 3 rings (SSSR count). The fourth-order valence-electron chi connectivity index (χ4n) is 3.01. The van der Waals surface area contributed by atoms with Crippen molar-refractivity contribution in [2.45, 2.75) is 45.1 Å². The van der Waals surface area contributed by atoms with Crippen molar-refractivity contribution >= 4 is 23.0 Å². The standard InChI is InChI=1S/C19H22N4O2/c1-6-9-18(2,3)16-21-13-10-12(7-8-14(13)25-16)19(4)11-15(24)23(5)17(20)22-19/h7-8,10H,11H2,1-5H3,(H2,20,22). The van der Waals surface area contributed by atoms with E-state index in [-0.39, 0.29) is 18.3 Å². The molecule has 1 saturated heterocycles. The number of amides is 1. The van der Waals surface area contributed by atoms with Gasteiger partial charge in [-0.1, -0.05) is 12.0 Å². The van der Waals surface area contributed by atoms with Crippen molar-refractivity contribution in [2.75, 3.05) is 7.05 Å². The Hall–Kier alpha value is -2.81. The molecule has 130 valence electrons. The molecule has 2 N–H and O–H groups in total. The first-order chi connectivity index (χ1) is 11.7. The minimum atomic E-state index is -0.646. The first kappa shape index (κ1) is 17.0. The summed E-state index contributed by atoms with van der Waals surface area (Å²) in [7, 11) is 1.60. The van der Waals surface area contributed by atoms with Gasteiger partial charge < -0.3 is 9.73 Å².